The van der Waals surface area contributed by atoms with Crippen molar-refractivity contribution in [3.05, 3.63) is 36.0 Å². The summed E-state index contributed by atoms with van der Waals surface area (Å²) in [7, 11) is 0. The van der Waals surface area contributed by atoms with Gasteiger partial charge >= 0.3 is 0 Å². The molecule has 0 saturated carbocycles. The first-order valence-electron chi connectivity index (χ1n) is 6.04. The topological polar surface area (TPSA) is 40.3 Å². The van der Waals surface area contributed by atoms with E-state index in [0.29, 0.717) is 0 Å². The summed E-state index contributed by atoms with van der Waals surface area (Å²) in [5.74, 6) is 0. The average molecular weight is 231 g/mol. The number of nitrogens with zero attached hydrogens (tertiary/aromatic N) is 1. The molecule has 0 spiro atoms. The van der Waals surface area contributed by atoms with Crippen molar-refractivity contribution in [1.29, 1.82) is 0 Å². The number of hydrogen-bond acceptors (Lipinski definition) is 3. The lowest BCUT2D eigenvalue weighted by molar-refractivity contribution is 0.0106. The molecular formula is C13H17N3O. The predicted molar refractivity (Wildman–Crippen MR) is 67.5 cm³/mol. The Morgan fingerprint density at radius 2 is 2.12 bits per heavy atom. The molecule has 4 nitrogen and oxygen atoms in total. The van der Waals surface area contributed by atoms with Crippen LogP contribution in [0.4, 0.5) is 0 Å². The van der Waals surface area contributed by atoms with E-state index < -0.39 is 0 Å². The summed E-state index contributed by atoms with van der Waals surface area (Å²) in [5.41, 5.74) is 5.94. The maximum Gasteiger partial charge on any atom is 0.0608 e. The summed E-state index contributed by atoms with van der Waals surface area (Å²) in [6.45, 7) is 4.45. The van der Waals surface area contributed by atoms with Crippen LogP contribution in [-0.2, 0) is 11.3 Å². The first-order chi connectivity index (χ1) is 8.42. The molecule has 2 heterocycles. The highest BCUT2D eigenvalue weighted by Crippen LogP contribution is 2.14. The van der Waals surface area contributed by atoms with Gasteiger partial charge in [0.1, 0.15) is 0 Å². The van der Waals surface area contributed by atoms with E-state index in [2.05, 4.69) is 39.7 Å². The van der Waals surface area contributed by atoms with Crippen LogP contribution in [0.5, 0.6) is 0 Å². The Balaban J connectivity index is 1.63. The van der Waals surface area contributed by atoms with Gasteiger partial charge in [0.05, 0.1) is 13.2 Å². The standard InChI is InChI=1S/C13H17N3O/c1-2-13-12(3-4-14-13)9-11(1)10-15-16-5-7-17-8-6-16/h1-4,9,14-15H,5-8,10H2. The Hall–Kier alpha value is -1.36. The maximum absolute atomic E-state index is 5.31. The van der Waals surface area contributed by atoms with Crippen molar-refractivity contribution < 1.29 is 4.74 Å². The summed E-state index contributed by atoms with van der Waals surface area (Å²) < 4.78 is 5.31. The van der Waals surface area contributed by atoms with Gasteiger partial charge in [-0.25, -0.2) is 5.01 Å². The average Bonchev–Trinajstić information content (AvgIpc) is 2.85. The highest BCUT2D eigenvalue weighted by molar-refractivity contribution is 5.79. The molecule has 90 valence electrons. The van der Waals surface area contributed by atoms with Crippen molar-refractivity contribution in [2.75, 3.05) is 26.3 Å². The van der Waals surface area contributed by atoms with Crippen molar-refractivity contribution in [1.82, 2.24) is 15.4 Å². The molecule has 1 aliphatic rings. The van der Waals surface area contributed by atoms with Crippen LogP contribution in [0.15, 0.2) is 30.5 Å². The van der Waals surface area contributed by atoms with Gasteiger partial charge in [0, 0.05) is 31.3 Å². The first-order valence-corrected chi connectivity index (χ1v) is 6.04. The molecule has 0 atom stereocenters. The fraction of sp³-hybridized carbons (Fsp3) is 0.385. The van der Waals surface area contributed by atoms with Crippen molar-refractivity contribution in [3.8, 4) is 0 Å². The van der Waals surface area contributed by atoms with E-state index in [1.165, 1.54) is 16.5 Å². The number of aromatic amines is 1. The van der Waals surface area contributed by atoms with E-state index in [0.717, 1.165) is 32.8 Å². The first kappa shape index (κ1) is 10.8. The number of benzene rings is 1. The van der Waals surface area contributed by atoms with Gasteiger partial charge in [0.25, 0.3) is 0 Å². The number of fused-ring (bicyclic) bond motifs is 1. The van der Waals surface area contributed by atoms with Crippen LogP contribution in [0.3, 0.4) is 0 Å². The highest BCUT2D eigenvalue weighted by atomic mass is 16.5. The summed E-state index contributed by atoms with van der Waals surface area (Å²) in [4.78, 5) is 3.20. The second kappa shape index (κ2) is 4.87. The molecule has 3 rings (SSSR count). The van der Waals surface area contributed by atoms with E-state index >= 15 is 0 Å². The van der Waals surface area contributed by atoms with Crippen LogP contribution in [0.2, 0.25) is 0 Å². The molecule has 0 radical (unpaired) electrons. The summed E-state index contributed by atoms with van der Waals surface area (Å²) >= 11 is 0. The smallest absolute Gasteiger partial charge is 0.0608 e. The van der Waals surface area contributed by atoms with Gasteiger partial charge in [-0.05, 0) is 29.1 Å². The summed E-state index contributed by atoms with van der Waals surface area (Å²) in [6, 6.07) is 8.62. The zero-order valence-corrected chi connectivity index (χ0v) is 9.78. The minimum Gasteiger partial charge on any atom is -0.379 e. The highest BCUT2D eigenvalue weighted by Gasteiger charge is 2.09. The van der Waals surface area contributed by atoms with Gasteiger partial charge in [0.2, 0.25) is 0 Å². The number of rotatable bonds is 3. The zero-order valence-electron chi connectivity index (χ0n) is 9.78. The van der Waals surface area contributed by atoms with Gasteiger partial charge in [0.15, 0.2) is 0 Å². The lowest BCUT2D eigenvalue weighted by Crippen LogP contribution is -2.45. The molecular weight excluding hydrogens is 214 g/mol. The molecule has 0 bridgehead atoms. The van der Waals surface area contributed by atoms with E-state index in [1.807, 2.05) is 6.20 Å². The molecule has 17 heavy (non-hydrogen) atoms. The third-order valence-corrected chi connectivity index (χ3v) is 3.14. The number of hydrogen-bond donors (Lipinski definition) is 2. The lowest BCUT2D eigenvalue weighted by Gasteiger charge is -2.27. The Labute approximate surface area is 101 Å². The van der Waals surface area contributed by atoms with Gasteiger partial charge in [-0.2, -0.15) is 0 Å². The number of ether oxygens (including phenoxy) is 1. The number of aromatic nitrogens is 1. The summed E-state index contributed by atoms with van der Waals surface area (Å²) in [5, 5.41) is 3.50. The number of nitrogens with one attached hydrogen (secondary N) is 2. The van der Waals surface area contributed by atoms with Gasteiger partial charge in [-0.15, -0.1) is 0 Å². The summed E-state index contributed by atoms with van der Waals surface area (Å²) in [6.07, 6.45) is 1.98. The van der Waals surface area contributed by atoms with E-state index in [9.17, 15) is 0 Å². The van der Waals surface area contributed by atoms with E-state index in [1.54, 1.807) is 0 Å². The van der Waals surface area contributed by atoms with Gasteiger partial charge in [-0.1, -0.05) is 6.07 Å². The fourth-order valence-electron chi connectivity index (χ4n) is 2.14. The Morgan fingerprint density at radius 1 is 1.24 bits per heavy atom. The largest absolute Gasteiger partial charge is 0.379 e. The maximum atomic E-state index is 5.31. The van der Waals surface area contributed by atoms with Crippen LogP contribution >= 0.6 is 0 Å². The second-order valence-electron chi connectivity index (χ2n) is 4.33. The molecule has 1 aliphatic heterocycles. The third kappa shape index (κ3) is 2.49. The lowest BCUT2D eigenvalue weighted by atomic mass is 10.1. The molecule has 0 amide bonds. The molecule has 0 aliphatic carbocycles. The van der Waals surface area contributed by atoms with Crippen LogP contribution in [0, 0.1) is 0 Å². The Bertz CT molecular complexity index is 488. The molecule has 2 N–H and O–H groups in total. The number of H-pyrrole nitrogens is 1. The van der Waals surface area contributed by atoms with Crippen molar-refractivity contribution >= 4 is 10.9 Å². The Morgan fingerprint density at radius 3 is 3.00 bits per heavy atom. The molecule has 1 aromatic carbocycles. The van der Waals surface area contributed by atoms with Crippen molar-refractivity contribution in [2.45, 2.75) is 6.54 Å². The van der Waals surface area contributed by atoms with Crippen LogP contribution in [0.1, 0.15) is 5.56 Å². The van der Waals surface area contributed by atoms with Crippen LogP contribution in [-0.4, -0.2) is 36.3 Å². The quantitative estimate of drug-likeness (QED) is 0.841. The van der Waals surface area contributed by atoms with E-state index in [4.69, 9.17) is 4.74 Å². The molecule has 1 saturated heterocycles. The SMILES string of the molecule is c1cc2cc(CNN3CCOCC3)ccc2[nH]1. The van der Waals surface area contributed by atoms with E-state index in [-0.39, 0.29) is 0 Å². The fourth-order valence-corrected chi connectivity index (χ4v) is 2.14. The predicted octanol–water partition coefficient (Wildman–Crippen LogP) is 1.50. The molecule has 4 heteroatoms. The van der Waals surface area contributed by atoms with Crippen molar-refractivity contribution in [3.63, 3.8) is 0 Å². The third-order valence-electron chi connectivity index (χ3n) is 3.14. The number of hydrazine groups is 1. The minimum absolute atomic E-state index is 0.823. The monoisotopic (exact) mass is 231 g/mol. The van der Waals surface area contributed by atoms with Gasteiger partial charge < -0.3 is 9.72 Å². The Kier molecular flexibility index (Phi) is 3.09. The molecule has 1 fully saturated rings. The minimum atomic E-state index is 0.823. The van der Waals surface area contributed by atoms with Gasteiger partial charge in [-0.3, -0.25) is 5.43 Å². The second-order valence-corrected chi connectivity index (χ2v) is 4.33. The zero-order chi connectivity index (χ0) is 11.5. The normalized spacial score (nSPS) is 17.6. The van der Waals surface area contributed by atoms with Crippen LogP contribution in [0.25, 0.3) is 10.9 Å². The molecule has 1 aromatic heterocycles. The molecule has 2 aromatic rings. The van der Waals surface area contributed by atoms with Crippen molar-refractivity contribution in [2.24, 2.45) is 0 Å². The molecule has 0 unspecified atom stereocenters. The van der Waals surface area contributed by atoms with Crippen LogP contribution < -0.4 is 5.43 Å². The number of morpholine rings is 1.